The van der Waals surface area contributed by atoms with Crippen LogP contribution in [0.3, 0.4) is 0 Å². The molecule has 1 unspecified atom stereocenters. The van der Waals surface area contributed by atoms with Crippen LogP contribution in [0.4, 0.5) is 0 Å². The van der Waals surface area contributed by atoms with E-state index >= 15 is 0 Å². The molecule has 0 spiro atoms. The lowest BCUT2D eigenvalue weighted by molar-refractivity contribution is 0.729. The minimum atomic E-state index is 0.214. The highest BCUT2D eigenvalue weighted by molar-refractivity contribution is 6.20. The van der Waals surface area contributed by atoms with Gasteiger partial charge in [0.05, 0.1) is 11.2 Å². The van der Waals surface area contributed by atoms with Gasteiger partial charge >= 0.3 is 0 Å². The molecule has 0 fully saturated rings. The van der Waals surface area contributed by atoms with Gasteiger partial charge in [0, 0.05) is 17.8 Å². The zero-order valence-corrected chi connectivity index (χ0v) is 9.83. The molecule has 0 radical (unpaired) electrons. The van der Waals surface area contributed by atoms with Crippen molar-refractivity contribution < 1.29 is 0 Å². The molecule has 2 aromatic rings. The van der Waals surface area contributed by atoms with Gasteiger partial charge in [0.25, 0.3) is 0 Å². The summed E-state index contributed by atoms with van der Waals surface area (Å²) in [6.07, 6.45) is 1.93. The highest BCUT2D eigenvalue weighted by Crippen LogP contribution is 2.19. The Balaban J connectivity index is 2.35. The van der Waals surface area contributed by atoms with E-state index in [0.29, 0.717) is 0 Å². The molecule has 0 aliphatic heterocycles. The Morgan fingerprint density at radius 1 is 1.40 bits per heavy atom. The molecule has 0 saturated carbocycles. The van der Waals surface area contributed by atoms with E-state index in [-0.39, 0.29) is 5.38 Å². The third kappa shape index (κ3) is 2.15. The van der Waals surface area contributed by atoms with Crippen LogP contribution in [-0.2, 0) is 13.5 Å². The number of benzene rings is 1. The van der Waals surface area contributed by atoms with Gasteiger partial charge in [-0.3, -0.25) is 4.68 Å². The summed E-state index contributed by atoms with van der Waals surface area (Å²) >= 11 is 5.95. The maximum Gasteiger partial charge on any atom is 0.0703 e. The van der Waals surface area contributed by atoms with Gasteiger partial charge in [0.15, 0.2) is 0 Å². The molecule has 1 atom stereocenters. The molecule has 1 aromatic carbocycles. The summed E-state index contributed by atoms with van der Waals surface area (Å²) in [6, 6.07) is 8.31. The number of rotatable bonds is 3. The van der Waals surface area contributed by atoms with Crippen molar-refractivity contribution in [3.63, 3.8) is 0 Å². The van der Waals surface area contributed by atoms with E-state index in [1.165, 1.54) is 10.9 Å². The Hall–Kier alpha value is -1.02. The molecule has 80 valence electrons. The number of hydrogen-bond donors (Lipinski definition) is 0. The van der Waals surface area contributed by atoms with E-state index in [0.717, 1.165) is 18.5 Å². The number of alkyl halides is 1. The molecule has 1 heterocycles. The number of para-hydroxylation sites is 1. The van der Waals surface area contributed by atoms with Crippen molar-refractivity contribution >= 4 is 22.5 Å². The monoisotopic (exact) mass is 222 g/mol. The summed E-state index contributed by atoms with van der Waals surface area (Å²) < 4.78 is 1.93. The van der Waals surface area contributed by atoms with E-state index in [9.17, 15) is 0 Å². The molecule has 0 amide bonds. The van der Waals surface area contributed by atoms with Crippen LogP contribution in [0.15, 0.2) is 24.3 Å². The zero-order valence-electron chi connectivity index (χ0n) is 9.07. The zero-order chi connectivity index (χ0) is 10.8. The normalized spacial score (nSPS) is 13.3. The Bertz CT molecular complexity index is 460. The smallest absolute Gasteiger partial charge is 0.0703 e. The van der Waals surface area contributed by atoms with Gasteiger partial charge in [-0.25, -0.2) is 0 Å². The van der Waals surface area contributed by atoms with E-state index in [1.54, 1.807) is 0 Å². The van der Waals surface area contributed by atoms with Crippen LogP contribution in [0.5, 0.6) is 0 Å². The second-order valence-corrected chi connectivity index (χ2v) is 4.65. The van der Waals surface area contributed by atoms with Crippen molar-refractivity contribution in [3.05, 3.63) is 30.0 Å². The predicted molar refractivity (Wildman–Crippen MR) is 64.4 cm³/mol. The number of aromatic nitrogens is 2. The molecular formula is C12H15ClN2. The lowest BCUT2D eigenvalue weighted by Gasteiger charge is -1.99. The summed E-state index contributed by atoms with van der Waals surface area (Å²) in [5.41, 5.74) is 2.34. The van der Waals surface area contributed by atoms with Gasteiger partial charge in [0.1, 0.15) is 0 Å². The number of aryl methyl sites for hydroxylation is 2. The first-order valence-electron chi connectivity index (χ1n) is 5.23. The topological polar surface area (TPSA) is 17.8 Å². The predicted octanol–water partition coefficient (Wildman–Crippen LogP) is 3.13. The van der Waals surface area contributed by atoms with Crippen molar-refractivity contribution in [2.75, 3.05) is 0 Å². The maximum atomic E-state index is 5.95. The van der Waals surface area contributed by atoms with Crippen LogP contribution in [0.2, 0.25) is 0 Å². The van der Waals surface area contributed by atoms with Gasteiger partial charge < -0.3 is 0 Å². The van der Waals surface area contributed by atoms with E-state index in [1.807, 2.05) is 24.7 Å². The third-order valence-corrected chi connectivity index (χ3v) is 2.83. The SMILES string of the molecule is CC(Cl)CCc1nn(C)c2ccccc12. The molecule has 2 rings (SSSR count). The summed E-state index contributed by atoms with van der Waals surface area (Å²) in [4.78, 5) is 0. The summed E-state index contributed by atoms with van der Waals surface area (Å²) in [7, 11) is 1.98. The number of nitrogens with zero attached hydrogens (tertiary/aromatic N) is 2. The van der Waals surface area contributed by atoms with E-state index in [4.69, 9.17) is 11.6 Å². The highest BCUT2D eigenvalue weighted by atomic mass is 35.5. The van der Waals surface area contributed by atoms with Gasteiger partial charge in [-0.1, -0.05) is 18.2 Å². The Morgan fingerprint density at radius 3 is 2.87 bits per heavy atom. The van der Waals surface area contributed by atoms with Gasteiger partial charge in [0.2, 0.25) is 0 Å². The molecule has 0 aliphatic rings. The van der Waals surface area contributed by atoms with Crippen molar-refractivity contribution in [2.24, 2.45) is 7.05 Å². The quantitative estimate of drug-likeness (QED) is 0.730. The summed E-state index contributed by atoms with van der Waals surface area (Å²) in [5, 5.41) is 5.98. The Morgan fingerprint density at radius 2 is 2.13 bits per heavy atom. The first-order chi connectivity index (χ1) is 7.18. The van der Waals surface area contributed by atoms with Crippen LogP contribution in [0.25, 0.3) is 10.9 Å². The number of hydrogen-bond acceptors (Lipinski definition) is 1. The maximum absolute atomic E-state index is 5.95. The number of fused-ring (bicyclic) bond motifs is 1. The lowest BCUT2D eigenvalue weighted by Crippen LogP contribution is -1.97. The number of halogens is 1. The molecule has 0 aliphatic carbocycles. The Labute approximate surface area is 94.8 Å². The molecule has 2 nitrogen and oxygen atoms in total. The van der Waals surface area contributed by atoms with Gasteiger partial charge in [-0.2, -0.15) is 5.10 Å². The third-order valence-electron chi connectivity index (χ3n) is 2.61. The first kappa shape index (κ1) is 10.5. The molecule has 3 heteroatoms. The highest BCUT2D eigenvalue weighted by Gasteiger charge is 2.08. The minimum Gasteiger partial charge on any atom is -0.268 e. The molecular weight excluding hydrogens is 208 g/mol. The van der Waals surface area contributed by atoms with E-state index in [2.05, 4.69) is 23.3 Å². The first-order valence-corrected chi connectivity index (χ1v) is 5.67. The van der Waals surface area contributed by atoms with Gasteiger partial charge in [-0.15, -0.1) is 11.6 Å². The Kier molecular flexibility index (Phi) is 2.96. The van der Waals surface area contributed by atoms with E-state index < -0.39 is 0 Å². The van der Waals surface area contributed by atoms with Crippen LogP contribution in [-0.4, -0.2) is 15.2 Å². The minimum absolute atomic E-state index is 0.214. The van der Waals surface area contributed by atoms with Crippen molar-refractivity contribution in [1.82, 2.24) is 9.78 Å². The van der Waals surface area contributed by atoms with Crippen LogP contribution < -0.4 is 0 Å². The second kappa shape index (κ2) is 4.23. The lowest BCUT2D eigenvalue weighted by atomic mass is 10.1. The van der Waals surface area contributed by atoms with Crippen LogP contribution in [0, 0.1) is 0 Å². The van der Waals surface area contributed by atoms with Crippen molar-refractivity contribution in [1.29, 1.82) is 0 Å². The van der Waals surface area contributed by atoms with Crippen molar-refractivity contribution in [3.8, 4) is 0 Å². The van der Waals surface area contributed by atoms with Crippen molar-refractivity contribution in [2.45, 2.75) is 25.1 Å². The summed E-state index contributed by atoms with van der Waals surface area (Å²) in [6.45, 7) is 2.02. The molecule has 0 bridgehead atoms. The fraction of sp³-hybridized carbons (Fsp3) is 0.417. The largest absolute Gasteiger partial charge is 0.268 e. The average molecular weight is 223 g/mol. The molecule has 0 N–H and O–H groups in total. The standard InChI is InChI=1S/C12H15ClN2/c1-9(13)7-8-11-10-5-3-4-6-12(10)15(2)14-11/h3-6,9H,7-8H2,1-2H3. The summed E-state index contributed by atoms with van der Waals surface area (Å²) in [5.74, 6) is 0. The fourth-order valence-electron chi connectivity index (χ4n) is 1.81. The van der Waals surface area contributed by atoms with Crippen LogP contribution >= 0.6 is 11.6 Å². The molecule has 15 heavy (non-hydrogen) atoms. The average Bonchev–Trinajstić information content (AvgIpc) is 2.54. The molecule has 1 aromatic heterocycles. The second-order valence-electron chi connectivity index (χ2n) is 3.91. The van der Waals surface area contributed by atoms with Crippen LogP contribution in [0.1, 0.15) is 19.0 Å². The fourth-order valence-corrected chi connectivity index (χ4v) is 1.92. The molecule has 0 saturated heterocycles. The van der Waals surface area contributed by atoms with Gasteiger partial charge in [-0.05, 0) is 25.8 Å².